The molecule has 2 amide bonds. The third-order valence-corrected chi connectivity index (χ3v) is 4.20. The molecule has 9 heteroatoms. The Morgan fingerprint density at radius 2 is 2.16 bits per heavy atom. The van der Waals surface area contributed by atoms with Crippen LogP contribution in [-0.4, -0.2) is 57.4 Å². The number of nitrogens with one attached hydrogen (secondary N) is 2. The SMILES string of the molecule is CONC1CN(c2ccc(N3CC(CNC(C)=O)OC3=O)cc2F)C1. The summed E-state index contributed by atoms with van der Waals surface area (Å²) in [7, 11) is 1.55. The Morgan fingerprint density at radius 1 is 1.40 bits per heavy atom. The number of hydrogen-bond acceptors (Lipinski definition) is 6. The van der Waals surface area contributed by atoms with Crippen LogP contribution >= 0.6 is 0 Å². The zero-order valence-electron chi connectivity index (χ0n) is 14.1. The standard InChI is InChI=1S/C16H21FN4O4/c1-10(22)18-6-13-9-21(16(23)25-13)12-3-4-15(14(17)5-12)20-7-11(8-20)19-24-2/h3-5,11,13,19H,6-9H2,1-2H3,(H,18,22). The van der Waals surface area contributed by atoms with Crippen molar-refractivity contribution < 1.29 is 23.6 Å². The zero-order chi connectivity index (χ0) is 18.0. The zero-order valence-corrected chi connectivity index (χ0v) is 14.1. The van der Waals surface area contributed by atoms with Crippen LogP contribution in [-0.2, 0) is 14.4 Å². The van der Waals surface area contributed by atoms with Gasteiger partial charge in [-0.15, -0.1) is 0 Å². The number of nitrogens with zero attached hydrogens (tertiary/aromatic N) is 2. The number of rotatable bonds is 6. The molecule has 136 valence electrons. The van der Waals surface area contributed by atoms with Crippen molar-refractivity contribution in [2.45, 2.75) is 19.1 Å². The highest BCUT2D eigenvalue weighted by Crippen LogP contribution is 2.30. The maximum Gasteiger partial charge on any atom is 0.414 e. The molecule has 25 heavy (non-hydrogen) atoms. The van der Waals surface area contributed by atoms with Gasteiger partial charge in [-0.1, -0.05) is 0 Å². The summed E-state index contributed by atoms with van der Waals surface area (Å²) >= 11 is 0. The molecule has 0 saturated carbocycles. The van der Waals surface area contributed by atoms with E-state index in [1.807, 2.05) is 4.90 Å². The van der Waals surface area contributed by atoms with Gasteiger partial charge in [-0.2, -0.15) is 5.48 Å². The van der Waals surface area contributed by atoms with E-state index in [9.17, 15) is 14.0 Å². The van der Waals surface area contributed by atoms with E-state index < -0.39 is 18.0 Å². The quantitative estimate of drug-likeness (QED) is 0.731. The molecule has 1 aromatic carbocycles. The molecule has 0 aliphatic carbocycles. The van der Waals surface area contributed by atoms with E-state index >= 15 is 0 Å². The Hall–Kier alpha value is -2.39. The first kappa shape index (κ1) is 17.4. The van der Waals surface area contributed by atoms with Crippen LogP contribution in [0.15, 0.2) is 18.2 Å². The van der Waals surface area contributed by atoms with Crippen molar-refractivity contribution in [2.24, 2.45) is 0 Å². The summed E-state index contributed by atoms with van der Waals surface area (Å²) < 4.78 is 19.6. The lowest BCUT2D eigenvalue weighted by Gasteiger charge is -2.40. The first-order chi connectivity index (χ1) is 12.0. The van der Waals surface area contributed by atoms with E-state index in [0.717, 1.165) is 0 Å². The molecule has 1 aromatic rings. The lowest BCUT2D eigenvalue weighted by atomic mass is 10.1. The lowest BCUT2D eigenvalue weighted by molar-refractivity contribution is -0.119. The normalized spacial score (nSPS) is 20.4. The molecule has 2 aliphatic rings. The third kappa shape index (κ3) is 3.83. The number of cyclic esters (lactones) is 1. The highest BCUT2D eigenvalue weighted by atomic mass is 19.1. The number of hydrogen-bond donors (Lipinski definition) is 2. The minimum atomic E-state index is -0.546. The van der Waals surface area contributed by atoms with E-state index in [-0.39, 0.29) is 25.0 Å². The van der Waals surface area contributed by atoms with Crippen LogP contribution in [0.3, 0.4) is 0 Å². The Balaban J connectivity index is 1.63. The van der Waals surface area contributed by atoms with Gasteiger partial charge in [0, 0.05) is 20.0 Å². The van der Waals surface area contributed by atoms with Crippen molar-refractivity contribution >= 4 is 23.4 Å². The van der Waals surface area contributed by atoms with Crippen molar-refractivity contribution in [1.82, 2.24) is 10.8 Å². The van der Waals surface area contributed by atoms with Crippen LogP contribution in [0.4, 0.5) is 20.6 Å². The smallest absolute Gasteiger partial charge is 0.414 e. The van der Waals surface area contributed by atoms with Crippen molar-refractivity contribution in [3.8, 4) is 0 Å². The highest BCUT2D eigenvalue weighted by Gasteiger charge is 2.34. The van der Waals surface area contributed by atoms with E-state index in [1.165, 1.54) is 17.9 Å². The van der Waals surface area contributed by atoms with E-state index in [2.05, 4.69) is 10.8 Å². The minimum absolute atomic E-state index is 0.173. The van der Waals surface area contributed by atoms with Crippen LogP contribution in [0.1, 0.15) is 6.92 Å². The summed E-state index contributed by atoms with van der Waals surface area (Å²) in [4.78, 5) is 31.0. The average molecular weight is 352 g/mol. The van der Waals surface area contributed by atoms with Crippen LogP contribution in [0.2, 0.25) is 0 Å². The fraction of sp³-hybridized carbons (Fsp3) is 0.500. The van der Waals surface area contributed by atoms with Gasteiger partial charge in [0.15, 0.2) is 0 Å². The van der Waals surface area contributed by atoms with E-state index in [1.54, 1.807) is 19.2 Å². The summed E-state index contributed by atoms with van der Waals surface area (Å²) in [6, 6.07) is 4.85. The number of carbonyl (C=O) groups excluding carboxylic acids is 2. The second-order valence-corrected chi connectivity index (χ2v) is 6.11. The number of anilines is 2. The molecular formula is C16H21FN4O4. The molecule has 0 aromatic heterocycles. The predicted octanol–water partition coefficient (Wildman–Crippen LogP) is 0.627. The van der Waals surface area contributed by atoms with Crippen LogP contribution < -0.4 is 20.6 Å². The predicted molar refractivity (Wildman–Crippen MR) is 88.8 cm³/mol. The fourth-order valence-electron chi connectivity index (χ4n) is 2.93. The highest BCUT2D eigenvalue weighted by molar-refractivity contribution is 5.90. The minimum Gasteiger partial charge on any atom is -0.442 e. The van der Waals surface area contributed by atoms with Gasteiger partial charge in [0.1, 0.15) is 11.9 Å². The van der Waals surface area contributed by atoms with Gasteiger partial charge < -0.3 is 19.8 Å². The Morgan fingerprint density at radius 3 is 2.80 bits per heavy atom. The van der Waals surface area contributed by atoms with Gasteiger partial charge in [-0.05, 0) is 18.2 Å². The number of hydroxylamine groups is 1. The molecule has 2 aliphatic heterocycles. The van der Waals surface area contributed by atoms with Crippen molar-refractivity contribution in [1.29, 1.82) is 0 Å². The first-order valence-electron chi connectivity index (χ1n) is 8.03. The van der Waals surface area contributed by atoms with Crippen LogP contribution in [0.5, 0.6) is 0 Å². The number of ether oxygens (including phenoxy) is 1. The summed E-state index contributed by atoms with van der Waals surface area (Å²) in [5.41, 5.74) is 3.74. The maximum atomic E-state index is 14.4. The molecule has 1 unspecified atom stereocenters. The van der Waals surface area contributed by atoms with Gasteiger partial charge in [-0.3, -0.25) is 9.69 Å². The monoisotopic (exact) mass is 352 g/mol. The molecule has 0 radical (unpaired) electrons. The van der Waals surface area contributed by atoms with Gasteiger partial charge in [0.05, 0.1) is 37.6 Å². The number of benzene rings is 1. The van der Waals surface area contributed by atoms with Gasteiger partial charge >= 0.3 is 6.09 Å². The first-order valence-corrected chi connectivity index (χ1v) is 8.03. The second-order valence-electron chi connectivity index (χ2n) is 6.11. The molecule has 2 fully saturated rings. The van der Waals surface area contributed by atoms with E-state index in [0.29, 0.717) is 24.5 Å². The largest absolute Gasteiger partial charge is 0.442 e. The van der Waals surface area contributed by atoms with Crippen molar-refractivity contribution in [3.63, 3.8) is 0 Å². The van der Waals surface area contributed by atoms with Gasteiger partial charge in [0.25, 0.3) is 0 Å². The molecule has 3 rings (SSSR count). The van der Waals surface area contributed by atoms with E-state index in [4.69, 9.17) is 9.57 Å². The maximum absolute atomic E-state index is 14.4. The van der Waals surface area contributed by atoms with Crippen LogP contribution in [0, 0.1) is 5.82 Å². The molecule has 0 spiro atoms. The molecule has 1 atom stereocenters. The topological polar surface area (TPSA) is 83.1 Å². The average Bonchev–Trinajstić information content (AvgIpc) is 2.90. The molecule has 2 saturated heterocycles. The van der Waals surface area contributed by atoms with Crippen molar-refractivity contribution in [3.05, 3.63) is 24.0 Å². The Bertz CT molecular complexity index is 666. The lowest BCUT2D eigenvalue weighted by Crippen LogP contribution is -2.58. The number of carbonyl (C=O) groups is 2. The molecule has 8 nitrogen and oxygen atoms in total. The molecule has 2 N–H and O–H groups in total. The van der Waals surface area contributed by atoms with Crippen molar-refractivity contribution in [2.75, 3.05) is 43.1 Å². The van der Waals surface area contributed by atoms with Gasteiger partial charge in [-0.25, -0.2) is 9.18 Å². The number of halogens is 1. The summed E-state index contributed by atoms with van der Waals surface area (Å²) in [6.45, 7) is 3.19. The molecule has 0 bridgehead atoms. The Labute approximate surface area is 144 Å². The summed E-state index contributed by atoms with van der Waals surface area (Å²) in [5, 5.41) is 2.61. The van der Waals surface area contributed by atoms with Crippen LogP contribution in [0.25, 0.3) is 0 Å². The molecule has 2 heterocycles. The summed E-state index contributed by atoms with van der Waals surface area (Å²) in [6.07, 6.45) is -0.994. The molecular weight excluding hydrogens is 331 g/mol. The van der Waals surface area contributed by atoms with Gasteiger partial charge in [0.2, 0.25) is 5.91 Å². The Kier molecular flexibility index (Phi) is 5.05. The third-order valence-electron chi connectivity index (χ3n) is 4.20. The second kappa shape index (κ2) is 7.24. The summed E-state index contributed by atoms with van der Waals surface area (Å²) in [5.74, 6) is -0.591. The fourth-order valence-corrected chi connectivity index (χ4v) is 2.93. The number of amides is 2.